The molecule has 0 bridgehead atoms. The third-order valence-corrected chi connectivity index (χ3v) is 10.9. The highest BCUT2D eigenvalue weighted by atomic mass is 14.2. The summed E-state index contributed by atoms with van der Waals surface area (Å²) in [6.07, 6.45) is 0. The molecule has 0 heterocycles. The first-order chi connectivity index (χ1) is 26.8. The monoisotopic (exact) mass is 684 g/mol. The van der Waals surface area contributed by atoms with Gasteiger partial charge in [0.25, 0.3) is 0 Å². The summed E-state index contributed by atoms with van der Waals surface area (Å²) in [5, 5.41) is 7.54. The minimum absolute atomic E-state index is 1.19. The molecule has 0 saturated carbocycles. The maximum absolute atomic E-state index is 2.43. The lowest BCUT2D eigenvalue weighted by Gasteiger charge is -2.20. The van der Waals surface area contributed by atoms with E-state index < -0.39 is 0 Å². The first kappa shape index (κ1) is 31.7. The SMILES string of the molecule is c1ccc(-c2cccc(-c3ccc(-c4c5ccccc5c(-c5ccccc5)c5ccccc45)cc3-c3cccc(-c4cccc5ccccc45)c3)c2)cc1. The summed E-state index contributed by atoms with van der Waals surface area (Å²) >= 11 is 0. The van der Waals surface area contributed by atoms with Crippen LogP contribution in [0.4, 0.5) is 0 Å². The van der Waals surface area contributed by atoms with Gasteiger partial charge in [-0.2, -0.15) is 0 Å². The van der Waals surface area contributed by atoms with Gasteiger partial charge in [0.2, 0.25) is 0 Å². The van der Waals surface area contributed by atoms with E-state index >= 15 is 0 Å². The van der Waals surface area contributed by atoms with Crippen molar-refractivity contribution in [3.8, 4) is 66.8 Å². The topological polar surface area (TPSA) is 0 Å². The fourth-order valence-corrected chi connectivity index (χ4v) is 8.37. The Balaban J connectivity index is 1.23. The zero-order chi connectivity index (χ0) is 35.8. The van der Waals surface area contributed by atoms with E-state index in [2.05, 4.69) is 218 Å². The van der Waals surface area contributed by atoms with Gasteiger partial charge in [0.15, 0.2) is 0 Å². The van der Waals surface area contributed by atoms with Gasteiger partial charge in [-0.05, 0) is 117 Å². The second kappa shape index (κ2) is 13.5. The summed E-state index contributed by atoms with van der Waals surface area (Å²) < 4.78 is 0. The van der Waals surface area contributed by atoms with Crippen LogP contribution in [-0.4, -0.2) is 0 Å². The Kier molecular flexibility index (Phi) is 7.93. The third kappa shape index (κ3) is 5.57. The number of hydrogen-bond donors (Lipinski definition) is 0. The molecular weight excluding hydrogens is 649 g/mol. The van der Waals surface area contributed by atoms with Gasteiger partial charge in [-0.1, -0.05) is 200 Å². The van der Waals surface area contributed by atoms with E-state index in [1.807, 2.05) is 0 Å². The van der Waals surface area contributed by atoms with Gasteiger partial charge in [0, 0.05) is 0 Å². The first-order valence-electron chi connectivity index (χ1n) is 18.7. The predicted octanol–water partition coefficient (Wildman–Crippen LogP) is 15.1. The van der Waals surface area contributed by atoms with Crippen LogP contribution >= 0.6 is 0 Å². The number of hydrogen-bond acceptors (Lipinski definition) is 0. The smallest absolute Gasteiger partial charge is 0.00261 e. The van der Waals surface area contributed by atoms with Gasteiger partial charge < -0.3 is 0 Å². The molecule has 54 heavy (non-hydrogen) atoms. The second-order valence-electron chi connectivity index (χ2n) is 14.0. The lowest BCUT2D eigenvalue weighted by Crippen LogP contribution is -1.93. The largest absolute Gasteiger partial charge is 0.0622 e. The molecule has 0 heteroatoms. The maximum atomic E-state index is 2.43. The molecule has 0 fully saturated rings. The average molecular weight is 685 g/mol. The minimum Gasteiger partial charge on any atom is -0.0622 e. The van der Waals surface area contributed by atoms with E-state index in [1.165, 1.54) is 99.1 Å². The van der Waals surface area contributed by atoms with Crippen LogP contribution < -0.4 is 0 Å². The Morgan fingerprint density at radius 1 is 0.185 bits per heavy atom. The molecule has 0 spiro atoms. The van der Waals surface area contributed by atoms with Crippen LogP contribution in [0.1, 0.15) is 0 Å². The first-order valence-corrected chi connectivity index (χ1v) is 18.7. The van der Waals surface area contributed by atoms with E-state index in [9.17, 15) is 0 Å². The molecule has 0 amide bonds. The second-order valence-corrected chi connectivity index (χ2v) is 14.0. The Morgan fingerprint density at radius 3 is 1.26 bits per heavy atom. The highest BCUT2D eigenvalue weighted by molar-refractivity contribution is 6.21. The summed E-state index contributed by atoms with van der Waals surface area (Å²) in [5.74, 6) is 0. The van der Waals surface area contributed by atoms with Crippen molar-refractivity contribution in [1.82, 2.24) is 0 Å². The van der Waals surface area contributed by atoms with Gasteiger partial charge in [0.05, 0.1) is 0 Å². The lowest BCUT2D eigenvalue weighted by molar-refractivity contribution is 1.56. The van der Waals surface area contributed by atoms with Crippen molar-refractivity contribution in [2.75, 3.05) is 0 Å². The van der Waals surface area contributed by atoms with Crippen LogP contribution in [0.2, 0.25) is 0 Å². The summed E-state index contributed by atoms with van der Waals surface area (Å²) in [6, 6.07) is 79.8. The van der Waals surface area contributed by atoms with Crippen LogP contribution in [0.15, 0.2) is 218 Å². The molecule has 10 rings (SSSR count). The van der Waals surface area contributed by atoms with Crippen LogP contribution in [0.25, 0.3) is 99.1 Å². The van der Waals surface area contributed by atoms with Crippen molar-refractivity contribution in [2.24, 2.45) is 0 Å². The Hall–Kier alpha value is -7.02. The average Bonchev–Trinajstić information content (AvgIpc) is 3.26. The van der Waals surface area contributed by atoms with E-state index in [1.54, 1.807) is 0 Å². The molecule has 0 radical (unpaired) electrons. The van der Waals surface area contributed by atoms with Crippen LogP contribution in [0, 0.1) is 0 Å². The summed E-state index contributed by atoms with van der Waals surface area (Å²) in [4.78, 5) is 0. The van der Waals surface area contributed by atoms with Crippen molar-refractivity contribution in [1.29, 1.82) is 0 Å². The van der Waals surface area contributed by atoms with Crippen molar-refractivity contribution >= 4 is 32.3 Å². The Bertz CT molecular complexity index is 2910. The maximum Gasteiger partial charge on any atom is -0.00261 e. The summed E-state index contributed by atoms with van der Waals surface area (Å²) in [7, 11) is 0. The summed E-state index contributed by atoms with van der Waals surface area (Å²) in [5.41, 5.74) is 14.7. The molecule has 10 aromatic carbocycles. The molecule has 0 unspecified atom stereocenters. The zero-order valence-electron chi connectivity index (χ0n) is 29.8. The van der Waals surface area contributed by atoms with E-state index in [4.69, 9.17) is 0 Å². The van der Waals surface area contributed by atoms with Gasteiger partial charge in [0.1, 0.15) is 0 Å². The van der Waals surface area contributed by atoms with Crippen molar-refractivity contribution in [2.45, 2.75) is 0 Å². The Labute approximate surface area is 316 Å². The molecule has 0 atom stereocenters. The molecule has 252 valence electrons. The van der Waals surface area contributed by atoms with E-state index in [0.29, 0.717) is 0 Å². The van der Waals surface area contributed by atoms with Crippen LogP contribution in [-0.2, 0) is 0 Å². The molecule has 0 saturated heterocycles. The molecule has 0 aliphatic carbocycles. The molecular formula is C54H36. The molecule has 0 N–H and O–H groups in total. The zero-order valence-corrected chi connectivity index (χ0v) is 29.8. The van der Waals surface area contributed by atoms with Crippen molar-refractivity contribution in [3.63, 3.8) is 0 Å². The van der Waals surface area contributed by atoms with Crippen LogP contribution in [0.5, 0.6) is 0 Å². The van der Waals surface area contributed by atoms with Gasteiger partial charge in [-0.15, -0.1) is 0 Å². The molecule has 0 aromatic heterocycles. The highest BCUT2D eigenvalue weighted by Crippen LogP contribution is 2.46. The number of fused-ring (bicyclic) bond motifs is 3. The van der Waals surface area contributed by atoms with E-state index in [0.717, 1.165) is 0 Å². The molecule has 10 aromatic rings. The van der Waals surface area contributed by atoms with E-state index in [-0.39, 0.29) is 0 Å². The molecule has 0 nitrogen and oxygen atoms in total. The minimum atomic E-state index is 1.19. The lowest BCUT2D eigenvalue weighted by atomic mass is 9.84. The number of benzene rings is 10. The number of rotatable bonds is 6. The highest BCUT2D eigenvalue weighted by Gasteiger charge is 2.19. The quantitative estimate of drug-likeness (QED) is 0.153. The molecule has 0 aliphatic rings. The van der Waals surface area contributed by atoms with Crippen molar-refractivity contribution < 1.29 is 0 Å². The summed E-state index contributed by atoms with van der Waals surface area (Å²) in [6.45, 7) is 0. The fourth-order valence-electron chi connectivity index (χ4n) is 8.37. The normalized spacial score (nSPS) is 11.3. The van der Waals surface area contributed by atoms with Gasteiger partial charge in [-0.25, -0.2) is 0 Å². The van der Waals surface area contributed by atoms with Crippen molar-refractivity contribution in [3.05, 3.63) is 218 Å². The van der Waals surface area contributed by atoms with Crippen LogP contribution in [0.3, 0.4) is 0 Å². The van der Waals surface area contributed by atoms with Gasteiger partial charge in [-0.3, -0.25) is 0 Å². The predicted molar refractivity (Wildman–Crippen MR) is 232 cm³/mol. The Morgan fingerprint density at radius 2 is 0.611 bits per heavy atom. The third-order valence-electron chi connectivity index (χ3n) is 10.9. The standard InChI is InChI=1S/C54H36/c1-3-16-37(17-4-1)40-22-13-23-41(34-40)47-33-32-44(36-52(47)43-25-14-24-42(35-43)46-31-15-21-38-18-7-8-26-45(38)46)54-50-29-11-9-27-48(50)53(39-19-5-2-6-20-39)49-28-10-12-30-51(49)54/h1-36H. The fraction of sp³-hybridized carbons (Fsp3) is 0. The van der Waals surface area contributed by atoms with Gasteiger partial charge >= 0.3 is 0 Å². The molecule has 0 aliphatic heterocycles.